The Labute approximate surface area is 90.3 Å². The van der Waals surface area contributed by atoms with Crippen molar-refractivity contribution < 1.29 is 14.0 Å². The summed E-state index contributed by atoms with van der Waals surface area (Å²) in [6.45, 7) is 12.3. The van der Waals surface area contributed by atoms with Crippen molar-refractivity contribution in [3.05, 3.63) is 0 Å². The zero-order chi connectivity index (χ0) is 11.4. The molecule has 0 saturated heterocycles. The van der Waals surface area contributed by atoms with Gasteiger partial charge in [-0.3, -0.25) is 0 Å². The first-order valence-electron chi connectivity index (χ1n) is 5.12. The Balaban J connectivity index is 4.32. The largest absolute Gasteiger partial charge is 0.454 e. The molecule has 0 aromatic carbocycles. The van der Waals surface area contributed by atoms with E-state index in [2.05, 4.69) is 33.1 Å². The fourth-order valence-electron chi connectivity index (χ4n) is 1.58. The van der Waals surface area contributed by atoms with Gasteiger partial charge in [-0.2, -0.15) is 0 Å². The maximum absolute atomic E-state index is 9.20. The molecule has 0 aliphatic heterocycles. The third-order valence-electron chi connectivity index (χ3n) is 1.97. The molecule has 0 saturated carbocycles. The molecule has 14 heavy (non-hydrogen) atoms. The highest BCUT2D eigenvalue weighted by molar-refractivity contribution is 6.78. The van der Waals surface area contributed by atoms with E-state index in [9.17, 15) is 5.11 Å². The third kappa shape index (κ3) is 5.26. The van der Waals surface area contributed by atoms with E-state index in [1.165, 1.54) is 0 Å². The number of aliphatic hydroxyl groups excluding tert-OH is 1. The van der Waals surface area contributed by atoms with Crippen molar-refractivity contribution >= 4 is 17.4 Å². The van der Waals surface area contributed by atoms with E-state index in [-0.39, 0.29) is 5.73 Å². The van der Waals surface area contributed by atoms with Gasteiger partial charge in [0.15, 0.2) is 15.3 Å². The minimum absolute atomic E-state index is 0.0856. The molecule has 0 aliphatic carbocycles. The lowest BCUT2D eigenvalue weighted by molar-refractivity contribution is -0.105. The lowest BCUT2D eigenvalue weighted by atomic mass is 10.5. The molecule has 5 heteroatoms. The standard InChI is InChI=1S/C9H23O3Si2/c1-7-9(11-8(2)10)14(5,6)12-13(3)4/h8-10H,7H2,1-6H3. The van der Waals surface area contributed by atoms with Gasteiger partial charge in [0.1, 0.15) is 0 Å². The zero-order valence-corrected chi connectivity index (χ0v) is 12.1. The van der Waals surface area contributed by atoms with Gasteiger partial charge in [-0.05, 0) is 39.5 Å². The highest BCUT2D eigenvalue weighted by Gasteiger charge is 2.35. The second-order valence-electron chi connectivity index (χ2n) is 4.25. The molecule has 1 radical (unpaired) electrons. The van der Waals surface area contributed by atoms with E-state index < -0.39 is 23.6 Å². The average molecular weight is 235 g/mol. The number of hydrogen-bond donors (Lipinski definition) is 1. The summed E-state index contributed by atoms with van der Waals surface area (Å²) in [5.74, 6) is 0. The summed E-state index contributed by atoms with van der Waals surface area (Å²) < 4.78 is 11.5. The molecule has 0 heterocycles. The van der Waals surface area contributed by atoms with E-state index >= 15 is 0 Å². The smallest absolute Gasteiger partial charge is 0.202 e. The van der Waals surface area contributed by atoms with Gasteiger partial charge in [-0.1, -0.05) is 6.92 Å². The molecule has 85 valence electrons. The second-order valence-corrected chi connectivity index (χ2v) is 10.7. The first-order valence-corrected chi connectivity index (χ1v) is 10.5. The maximum atomic E-state index is 9.20. The summed E-state index contributed by atoms with van der Waals surface area (Å²) in [6.07, 6.45) is 0.207. The normalized spacial score (nSPS) is 17.1. The van der Waals surface area contributed by atoms with Crippen molar-refractivity contribution in [2.75, 3.05) is 0 Å². The first kappa shape index (κ1) is 14.3. The van der Waals surface area contributed by atoms with Crippen LogP contribution in [-0.2, 0) is 8.85 Å². The lowest BCUT2D eigenvalue weighted by Gasteiger charge is -2.33. The van der Waals surface area contributed by atoms with Gasteiger partial charge in [0, 0.05) is 0 Å². The van der Waals surface area contributed by atoms with Crippen LogP contribution in [0.4, 0.5) is 0 Å². The number of ether oxygens (including phenoxy) is 1. The van der Waals surface area contributed by atoms with Crippen LogP contribution < -0.4 is 0 Å². The zero-order valence-electron chi connectivity index (χ0n) is 10.1. The summed E-state index contributed by atoms with van der Waals surface area (Å²) in [5.41, 5.74) is 0.0856. The van der Waals surface area contributed by atoms with Crippen molar-refractivity contribution in [3.8, 4) is 0 Å². The van der Waals surface area contributed by atoms with E-state index in [1.54, 1.807) is 6.92 Å². The predicted molar refractivity (Wildman–Crippen MR) is 62.9 cm³/mol. The second kappa shape index (κ2) is 6.02. The molecule has 0 aromatic heterocycles. The molecule has 0 aromatic rings. The SMILES string of the molecule is CCC(OC(C)O)[Si](C)(C)O[Si](C)C. The van der Waals surface area contributed by atoms with Gasteiger partial charge in [-0.15, -0.1) is 0 Å². The van der Waals surface area contributed by atoms with Gasteiger partial charge in [0.25, 0.3) is 0 Å². The van der Waals surface area contributed by atoms with Crippen LogP contribution in [0.1, 0.15) is 20.3 Å². The Hall–Kier alpha value is 0.314. The molecule has 2 atom stereocenters. The van der Waals surface area contributed by atoms with Gasteiger partial charge in [0.2, 0.25) is 8.32 Å². The molecule has 0 rings (SSSR count). The first-order chi connectivity index (χ1) is 6.29. The van der Waals surface area contributed by atoms with Crippen LogP contribution in [0.25, 0.3) is 0 Å². The highest BCUT2D eigenvalue weighted by atomic mass is 28.4. The molecule has 2 unspecified atom stereocenters. The Kier molecular flexibility index (Phi) is 6.15. The van der Waals surface area contributed by atoms with Crippen molar-refractivity contribution in [3.63, 3.8) is 0 Å². The van der Waals surface area contributed by atoms with E-state index in [0.29, 0.717) is 0 Å². The fraction of sp³-hybridized carbons (Fsp3) is 1.00. The Morgan fingerprint density at radius 1 is 1.36 bits per heavy atom. The van der Waals surface area contributed by atoms with Crippen LogP contribution in [0.5, 0.6) is 0 Å². The minimum atomic E-state index is -1.80. The van der Waals surface area contributed by atoms with E-state index in [0.717, 1.165) is 6.42 Å². The van der Waals surface area contributed by atoms with Crippen molar-refractivity contribution in [2.24, 2.45) is 0 Å². The topological polar surface area (TPSA) is 38.7 Å². The van der Waals surface area contributed by atoms with E-state index in [1.807, 2.05) is 0 Å². The summed E-state index contributed by atoms with van der Waals surface area (Å²) in [7, 11) is -2.48. The molecule has 1 N–H and O–H groups in total. The highest BCUT2D eigenvalue weighted by Crippen LogP contribution is 2.18. The van der Waals surface area contributed by atoms with Crippen LogP contribution in [0.3, 0.4) is 0 Å². The van der Waals surface area contributed by atoms with Crippen LogP contribution >= 0.6 is 0 Å². The molecular formula is C9H23O3Si2. The van der Waals surface area contributed by atoms with Crippen LogP contribution in [0.15, 0.2) is 0 Å². The molecular weight excluding hydrogens is 212 g/mol. The van der Waals surface area contributed by atoms with Crippen molar-refractivity contribution in [1.29, 1.82) is 0 Å². The van der Waals surface area contributed by atoms with Gasteiger partial charge >= 0.3 is 0 Å². The summed E-state index contributed by atoms with van der Waals surface area (Å²) >= 11 is 0. The molecule has 0 spiro atoms. The predicted octanol–water partition coefficient (Wildman–Crippen LogP) is 2.13. The molecule has 0 fully saturated rings. The van der Waals surface area contributed by atoms with Gasteiger partial charge in [0.05, 0.1) is 5.73 Å². The number of rotatable bonds is 6. The Bertz CT molecular complexity index is 160. The summed E-state index contributed by atoms with van der Waals surface area (Å²) in [5, 5.41) is 9.20. The molecule has 0 bridgehead atoms. The van der Waals surface area contributed by atoms with Gasteiger partial charge in [-0.25, -0.2) is 0 Å². The Morgan fingerprint density at radius 3 is 2.14 bits per heavy atom. The molecule has 3 nitrogen and oxygen atoms in total. The molecule has 0 aliphatic rings. The van der Waals surface area contributed by atoms with Crippen LogP contribution in [0.2, 0.25) is 26.2 Å². The Morgan fingerprint density at radius 2 is 1.86 bits per heavy atom. The van der Waals surface area contributed by atoms with Crippen molar-refractivity contribution in [2.45, 2.75) is 58.5 Å². The quantitative estimate of drug-likeness (QED) is 0.566. The number of hydrogen-bond acceptors (Lipinski definition) is 3. The third-order valence-corrected chi connectivity index (χ3v) is 7.81. The molecule has 0 amide bonds. The minimum Gasteiger partial charge on any atom is -0.454 e. The van der Waals surface area contributed by atoms with Crippen molar-refractivity contribution in [1.82, 2.24) is 0 Å². The van der Waals surface area contributed by atoms with Crippen LogP contribution in [-0.4, -0.2) is 34.5 Å². The van der Waals surface area contributed by atoms with E-state index in [4.69, 9.17) is 8.85 Å². The summed E-state index contributed by atoms with van der Waals surface area (Å²) in [6, 6.07) is 0. The van der Waals surface area contributed by atoms with Gasteiger partial charge < -0.3 is 14.0 Å². The fourth-order valence-corrected chi connectivity index (χ4v) is 7.82. The van der Waals surface area contributed by atoms with Crippen LogP contribution in [0, 0.1) is 0 Å². The maximum Gasteiger partial charge on any atom is 0.202 e. The monoisotopic (exact) mass is 235 g/mol. The lowest BCUT2D eigenvalue weighted by Crippen LogP contribution is -2.49. The number of aliphatic hydroxyl groups is 1. The average Bonchev–Trinajstić information content (AvgIpc) is 1.96. The summed E-state index contributed by atoms with van der Waals surface area (Å²) in [4.78, 5) is 0.